The van der Waals surface area contributed by atoms with Crippen LogP contribution in [0.5, 0.6) is 0 Å². The van der Waals surface area contributed by atoms with Crippen molar-refractivity contribution in [2.45, 2.75) is 81.2 Å². The van der Waals surface area contributed by atoms with Crippen molar-refractivity contribution in [3.63, 3.8) is 0 Å². The van der Waals surface area contributed by atoms with E-state index in [0.717, 1.165) is 24.0 Å². The van der Waals surface area contributed by atoms with Crippen molar-refractivity contribution in [2.75, 3.05) is 13.2 Å². The van der Waals surface area contributed by atoms with E-state index in [9.17, 15) is 23.4 Å². The Morgan fingerprint density at radius 2 is 1.75 bits per heavy atom. The van der Waals surface area contributed by atoms with Crippen molar-refractivity contribution >= 4 is 39.1 Å². The van der Waals surface area contributed by atoms with Gasteiger partial charge in [0.25, 0.3) is 0 Å². The largest absolute Gasteiger partial charge is 0.394 e. The lowest BCUT2D eigenvalue weighted by Crippen LogP contribution is -2.60. The Bertz CT molecular complexity index is 1320. The number of carbonyl (C=O) groups is 1. The Morgan fingerprint density at radius 3 is 2.33 bits per heavy atom. The monoisotopic (exact) mass is 608 g/mol. The SMILES string of the molecule is CC[C@]1(CC(O)CO)C[C@H](c2cccc(Cl)c2)C(c2ccc(Cl)cc2)N(C(CNS(=O)(=O)C2CC2)C2CC2)C1=O. The summed E-state index contributed by atoms with van der Waals surface area (Å²) in [6, 6.07) is 14.4. The summed E-state index contributed by atoms with van der Waals surface area (Å²) in [7, 11) is -3.46. The van der Waals surface area contributed by atoms with Crippen molar-refractivity contribution in [3.05, 3.63) is 69.7 Å². The minimum Gasteiger partial charge on any atom is -0.394 e. The molecule has 1 amide bonds. The average Bonchev–Trinajstić information content (AvgIpc) is 3.84. The minimum atomic E-state index is -3.46. The normalized spacial score (nSPS) is 27.0. The second-order valence-electron chi connectivity index (χ2n) is 11.7. The molecule has 1 saturated heterocycles. The number of nitrogens with one attached hydrogen (secondary N) is 1. The smallest absolute Gasteiger partial charge is 0.229 e. The van der Waals surface area contributed by atoms with E-state index < -0.39 is 34.2 Å². The highest BCUT2D eigenvalue weighted by molar-refractivity contribution is 7.90. The van der Waals surface area contributed by atoms with E-state index >= 15 is 0 Å². The van der Waals surface area contributed by atoms with Crippen LogP contribution in [0.15, 0.2) is 48.5 Å². The van der Waals surface area contributed by atoms with Crippen LogP contribution >= 0.6 is 23.2 Å². The number of aliphatic hydroxyl groups is 2. The van der Waals surface area contributed by atoms with Crippen molar-refractivity contribution in [1.82, 2.24) is 9.62 Å². The second kappa shape index (κ2) is 11.9. The van der Waals surface area contributed by atoms with Gasteiger partial charge in [0.15, 0.2) is 0 Å². The predicted octanol–water partition coefficient (Wildman–Crippen LogP) is 5.05. The van der Waals surface area contributed by atoms with Gasteiger partial charge in [-0.05, 0) is 86.3 Å². The highest BCUT2D eigenvalue weighted by Gasteiger charge is 2.55. The molecule has 2 aromatic carbocycles. The maximum Gasteiger partial charge on any atom is 0.229 e. The standard InChI is InChI=1S/C30H38Cl2N2O5S/c1-2-30(15-24(36)18-35)16-26(21-4-3-5-23(32)14-21)28(20-8-10-22(31)11-9-20)34(29(30)37)27(19-6-7-19)17-33-40(38,39)25-12-13-25/h3-5,8-11,14,19,24-28,33,35-36H,2,6-7,12-13,15-18H2,1H3/t24?,26-,27?,28?,30+/m1/s1. The number of piperidine rings is 1. The predicted molar refractivity (Wildman–Crippen MR) is 157 cm³/mol. The Morgan fingerprint density at radius 1 is 1.05 bits per heavy atom. The van der Waals surface area contributed by atoms with E-state index in [4.69, 9.17) is 23.2 Å². The molecule has 40 heavy (non-hydrogen) atoms. The van der Waals surface area contributed by atoms with Crippen LogP contribution in [0.1, 0.15) is 75.0 Å². The molecule has 2 saturated carbocycles. The van der Waals surface area contributed by atoms with E-state index in [1.54, 1.807) is 0 Å². The third kappa shape index (κ3) is 6.22. The van der Waals surface area contributed by atoms with E-state index in [1.807, 2.05) is 60.4 Å². The summed E-state index contributed by atoms with van der Waals surface area (Å²) in [6.07, 6.45) is 3.13. The number of nitrogens with zero attached hydrogens (tertiary/aromatic N) is 1. The van der Waals surface area contributed by atoms with E-state index in [0.29, 0.717) is 35.7 Å². The zero-order valence-corrected chi connectivity index (χ0v) is 25.0. The van der Waals surface area contributed by atoms with Gasteiger partial charge in [0.2, 0.25) is 15.9 Å². The number of aliphatic hydroxyl groups excluding tert-OH is 2. The zero-order valence-electron chi connectivity index (χ0n) is 22.7. The maximum atomic E-state index is 14.8. The molecular weight excluding hydrogens is 571 g/mol. The summed E-state index contributed by atoms with van der Waals surface area (Å²) in [6.45, 7) is 1.65. The van der Waals surface area contributed by atoms with Crippen LogP contribution in [0, 0.1) is 11.3 Å². The molecule has 5 atom stereocenters. The Balaban J connectivity index is 1.65. The first-order valence-electron chi connectivity index (χ1n) is 14.2. The average molecular weight is 610 g/mol. The lowest BCUT2D eigenvalue weighted by Gasteiger charge is -2.53. The Labute approximate surface area is 246 Å². The fourth-order valence-electron chi connectivity index (χ4n) is 6.46. The van der Waals surface area contributed by atoms with Gasteiger partial charge in [-0.1, -0.05) is 54.4 Å². The van der Waals surface area contributed by atoms with Crippen LogP contribution < -0.4 is 4.72 Å². The molecule has 0 radical (unpaired) electrons. The first-order chi connectivity index (χ1) is 19.1. The summed E-state index contributed by atoms with van der Waals surface area (Å²) >= 11 is 12.7. The number of likely N-dealkylation sites (tertiary alicyclic amines) is 1. The van der Waals surface area contributed by atoms with Gasteiger partial charge in [0, 0.05) is 28.5 Å². The number of sulfonamides is 1. The minimum absolute atomic E-state index is 0.108. The maximum absolute atomic E-state index is 14.8. The van der Waals surface area contributed by atoms with Gasteiger partial charge >= 0.3 is 0 Å². The third-order valence-electron chi connectivity index (χ3n) is 8.96. The third-order valence-corrected chi connectivity index (χ3v) is 11.4. The molecule has 3 unspecified atom stereocenters. The molecule has 3 fully saturated rings. The summed E-state index contributed by atoms with van der Waals surface area (Å²) in [5.41, 5.74) is 0.931. The van der Waals surface area contributed by atoms with Crippen LogP contribution in [0.2, 0.25) is 10.0 Å². The van der Waals surface area contributed by atoms with Crippen LogP contribution in [-0.4, -0.2) is 60.0 Å². The number of hydrogen-bond acceptors (Lipinski definition) is 5. The number of hydrogen-bond donors (Lipinski definition) is 3. The fraction of sp³-hybridized carbons (Fsp3) is 0.567. The molecule has 10 heteroatoms. The molecule has 1 heterocycles. The molecule has 0 bridgehead atoms. The molecule has 2 aromatic rings. The van der Waals surface area contributed by atoms with Crippen molar-refractivity contribution in [1.29, 1.82) is 0 Å². The number of rotatable bonds is 12. The molecule has 3 aliphatic rings. The molecule has 0 aromatic heterocycles. The molecule has 0 spiro atoms. The topological polar surface area (TPSA) is 107 Å². The highest BCUT2D eigenvalue weighted by atomic mass is 35.5. The van der Waals surface area contributed by atoms with Gasteiger partial charge in [-0.15, -0.1) is 0 Å². The fourth-order valence-corrected chi connectivity index (χ4v) is 8.18. The van der Waals surface area contributed by atoms with Gasteiger partial charge in [-0.25, -0.2) is 13.1 Å². The molecule has 218 valence electrons. The summed E-state index contributed by atoms with van der Waals surface area (Å²) < 4.78 is 28.6. The van der Waals surface area contributed by atoms with Crippen LogP contribution in [0.25, 0.3) is 0 Å². The Hall–Kier alpha value is -1.68. The first-order valence-corrected chi connectivity index (χ1v) is 16.5. The number of halogens is 2. The van der Waals surface area contributed by atoms with Gasteiger partial charge in [0.1, 0.15) is 0 Å². The van der Waals surface area contributed by atoms with E-state index in [-0.39, 0.29) is 42.0 Å². The molecule has 1 aliphatic heterocycles. The number of benzene rings is 2. The molecule has 3 N–H and O–H groups in total. The van der Waals surface area contributed by atoms with E-state index in [2.05, 4.69) is 4.72 Å². The molecule has 2 aliphatic carbocycles. The van der Waals surface area contributed by atoms with Gasteiger partial charge in [-0.3, -0.25) is 4.79 Å². The van der Waals surface area contributed by atoms with Crippen molar-refractivity contribution in [2.24, 2.45) is 11.3 Å². The van der Waals surface area contributed by atoms with Gasteiger partial charge < -0.3 is 15.1 Å². The first kappa shape index (κ1) is 29.8. The summed E-state index contributed by atoms with van der Waals surface area (Å²) in [4.78, 5) is 16.7. The molecule has 5 rings (SSSR count). The summed E-state index contributed by atoms with van der Waals surface area (Å²) in [5.74, 6) is -0.135. The lowest BCUT2D eigenvalue weighted by atomic mass is 9.64. The van der Waals surface area contributed by atoms with Gasteiger partial charge in [-0.2, -0.15) is 0 Å². The van der Waals surface area contributed by atoms with Gasteiger partial charge in [0.05, 0.1) is 29.4 Å². The van der Waals surface area contributed by atoms with Crippen molar-refractivity contribution in [3.8, 4) is 0 Å². The van der Waals surface area contributed by atoms with Crippen LogP contribution in [0.4, 0.5) is 0 Å². The number of carbonyl (C=O) groups excluding carboxylic acids is 1. The second-order valence-corrected chi connectivity index (χ2v) is 14.7. The highest BCUT2D eigenvalue weighted by Crippen LogP contribution is 2.55. The lowest BCUT2D eigenvalue weighted by molar-refractivity contribution is -0.160. The Kier molecular flexibility index (Phi) is 8.87. The molecule has 7 nitrogen and oxygen atoms in total. The summed E-state index contributed by atoms with van der Waals surface area (Å²) in [5, 5.41) is 21.2. The quantitative estimate of drug-likeness (QED) is 0.312. The van der Waals surface area contributed by atoms with Crippen LogP contribution in [0.3, 0.4) is 0 Å². The van der Waals surface area contributed by atoms with E-state index in [1.165, 1.54) is 0 Å². The molecular formula is C30H38Cl2N2O5S. The number of amides is 1. The zero-order chi connectivity index (χ0) is 28.7. The van der Waals surface area contributed by atoms with Crippen LogP contribution in [-0.2, 0) is 14.8 Å². The van der Waals surface area contributed by atoms with Crippen molar-refractivity contribution < 1.29 is 23.4 Å².